The molecule has 1 heterocycles. The molecular formula is C9H13ClN2. The van der Waals surface area contributed by atoms with Crippen LogP contribution >= 0.6 is 11.6 Å². The van der Waals surface area contributed by atoms with Crippen molar-refractivity contribution in [3.05, 3.63) is 28.5 Å². The average Bonchev–Trinajstić information content (AvgIpc) is 1.81. The molecule has 0 amide bonds. The van der Waals surface area contributed by atoms with Gasteiger partial charge in [-0.1, -0.05) is 11.6 Å². The second-order valence-corrected chi connectivity index (χ2v) is 3.51. The van der Waals surface area contributed by atoms with E-state index in [9.17, 15) is 0 Å². The second-order valence-electron chi connectivity index (χ2n) is 3.12. The number of hydrogen-bond donors (Lipinski definition) is 1. The van der Waals surface area contributed by atoms with Crippen molar-refractivity contribution < 1.29 is 0 Å². The largest absolute Gasteiger partial charge is 0.328 e. The van der Waals surface area contributed by atoms with E-state index < -0.39 is 0 Å². The van der Waals surface area contributed by atoms with Gasteiger partial charge in [-0.3, -0.25) is 0 Å². The summed E-state index contributed by atoms with van der Waals surface area (Å²) >= 11 is 5.78. The van der Waals surface area contributed by atoms with E-state index in [0.29, 0.717) is 5.15 Å². The summed E-state index contributed by atoms with van der Waals surface area (Å²) in [5, 5.41) is 0.547. The van der Waals surface area contributed by atoms with E-state index in [1.54, 1.807) is 0 Å². The van der Waals surface area contributed by atoms with Crippen molar-refractivity contribution in [1.82, 2.24) is 4.98 Å². The molecule has 0 fully saturated rings. The highest BCUT2D eigenvalue weighted by Gasteiger charge is 2.00. The lowest BCUT2D eigenvalue weighted by molar-refractivity contribution is 0.736. The highest BCUT2D eigenvalue weighted by atomic mass is 35.5. The molecule has 0 aliphatic heterocycles. The summed E-state index contributed by atoms with van der Waals surface area (Å²) in [5.41, 5.74) is 7.76. The van der Waals surface area contributed by atoms with Gasteiger partial charge in [0.1, 0.15) is 5.15 Å². The van der Waals surface area contributed by atoms with Crippen LogP contribution in [0.2, 0.25) is 5.15 Å². The maximum atomic E-state index is 5.78. The number of rotatable bonds is 2. The first-order valence-corrected chi connectivity index (χ1v) is 4.34. The lowest BCUT2D eigenvalue weighted by atomic mass is 10.1. The fourth-order valence-corrected chi connectivity index (χ4v) is 1.46. The predicted octanol–water partition coefficient (Wildman–Crippen LogP) is 1.93. The van der Waals surface area contributed by atoms with Crippen LogP contribution in [0.3, 0.4) is 0 Å². The van der Waals surface area contributed by atoms with Gasteiger partial charge in [-0.05, 0) is 38.0 Å². The van der Waals surface area contributed by atoms with Crippen LogP contribution in [-0.2, 0) is 6.42 Å². The fraction of sp³-hybridized carbons (Fsp3) is 0.444. The highest BCUT2D eigenvalue weighted by molar-refractivity contribution is 6.29. The van der Waals surface area contributed by atoms with Gasteiger partial charge in [-0.15, -0.1) is 0 Å². The molecule has 0 unspecified atom stereocenters. The normalized spacial score (nSPS) is 13.0. The van der Waals surface area contributed by atoms with Gasteiger partial charge in [0.05, 0.1) is 0 Å². The number of pyridine rings is 1. The molecule has 0 aliphatic carbocycles. The van der Waals surface area contributed by atoms with Crippen LogP contribution in [0.15, 0.2) is 12.1 Å². The molecule has 2 N–H and O–H groups in total. The van der Waals surface area contributed by atoms with Gasteiger partial charge < -0.3 is 5.73 Å². The topological polar surface area (TPSA) is 38.9 Å². The summed E-state index contributed by atoms with van der Waals surface area (Å²) in [6.07, 6.45) is 0.850. The van der Waals surface area contributed by atoms with Crippen LogP contribution in [0.5, 0.6) is 0 Å². The highest BCUT2D eigenvalue weighted by Crippen LogP contribution is 2.11. The van der Waals surface area contributed by atoms with Gasteiger partial charge in [0.2, 0.25) is 0 Å². The zero-order valence-corrected chi connectivity index (χ0v) is 8.10. The van der Waals surface area contributed by atoms with Gasteiger partial charge in [0.15, 0.2) is 0 Å². The Bertz CT molecular complexity index is 251. The molecule has 1 atom stereocenters. The first-order valence-electron chi connectivity index (χ1n) is 3.96. The van der Waals surface area contributed by atoms with Gasteiger partial charge in [0.25, 0.3) is 0 Å². The molecule has 1 aromatic rings. The van der Waals surface area contributed by atoms with Gasteiger partial charge in [0, 0.05) is 11.7 Å². The molecule has 0 bridgehead atoms. The Balaban J connectivity index is 2.85. The van der Waals surface area contributed by atoms with Crippen molar-refractivity contribution in [1.29, 1.82) is 0 Å². The van der Waals surface area contributed by atoms with Gasteiger partial charge in [-0.2, -0.15) is 0 Å². The standard InChI is InChI=1S/C9H13ClN2/c1-6(11)3-8-4-7(2)12-9(10)5-8/h4-6H,3,11H2,1-2H3/t6-/m1/s1. The van der Waals surface area contributed by atoms with Crippen molar-refractivity contribution in [3.8, 4) is 0 Å². The minimum absolute atomic E-state index is 0.169. The first kappa shape index (κ1) is 9.49. The van der Waals surface area contributed by atoms with Crippen LogP contribution in [0.1, 0.15) is 18.2 Å². The van der Waals surface area contributed by atoms with Crippen LogP contribution in [-0.4, -0.2) is 11.0 Å². The number of nitrogens with two attached hydrogens (primary N) is 1. The zero-order valence-electron chi connectivity index (χ0n) is 7.34. The number of nitrogens with zero attached hydrogens (tertiary/aromatic N) is 1. The van der Waals surface area contributed by atoms with E-state index >= 15 is 0 Å². The molecule has 12 heavy (non-hydrogen) atoms. The lowest BCUT2D eigenvalue weighted by Crippen LogP contribution is -2.17. The summed E-state index contributed by atoms with van der Waals surface area (Å²) in [6.45, 7) is 3.90. The van der Waals surface area contributed by atoms with E-state index in [4.69, 9.17) is 17.3 Å². The lowest BCUT2D eigenvalue weighted by Gasteiger charge is -2.05. The molecule has 0 aromatic carbocycles. The third kappa shape index (κ3) is 2.80. The monoisotopic (exact) mass is 184 g/mol. The molecule has 0 aliphatic rings. The molecule has 2 nitrogen and oxygen atoms in total. The van der Waals surface area contributed by atoms with Crippen LogP contribution in [0.4, 0.5) is 0 Å². The zero-order chi connectivity index (χ0) is 9.14. The van der Waals surface area contributed by atoms with Gasteiger partial charge >= 0.3 is 0 Å². The van der Waals surface area contributed by atoms with E-state index in [0.717, 1.165) is 17.7 Å². The molecule has 0 saturated carbocycles. The van der Waals surface area contributed by atoms with Crippen LogP contribution in [0, 0.1) is 6.92 Å². The third-order valence-corrected chi connectivity index (χ3v) is 1.73. The summed E-state index contributed by atoms with van der Waals surface area (Å²) in [7, 11) is 0. The second kappa shape index (κ2) is 3.87. The summed E-state index contributed by atoms with van der Waals surface area (Å²) in [4.78, 5) is 4.07. The smallest absolute Gasteiger partial charge is 0.129 e. The van der Waals surface area contributed by atoms with Crippen LogP contribution in [0.25, 0.3) is 0 Å². The number of halogens is 1. The Morgan fingerprint density at radius 3 is 2.75 bits per heavy atom. The van der Waals surface area contributed by atoms with E-state index in [-0.39, 0.29) is 6.04 Å². The van der Waals surface area contributed by atoms with Crippen molar-refractivity contribution in [3.63, 3.8) is 0 Å². The number of hydrogen-bond acceptors (Lipinski definition) is 2. The average molecular weight is 185 g/mol. The van der Waals surface area contributed by atoms with E-state index in [2.05, 4.69) is 4.98 Å². The molecule has 0 radical (unpaired) electrons. The molecular weight excluding hydrogens is 172 g/mol. The summed E-state index contributed by atoms with van der Waals surface area (Å²) < 4.78 is 0. The molecule has 66 valence electrons. The van der Waals surface area contributed by atoms with E-state index in [1.807, 2.05) is 26.0 Å². The van der Waals surface area contributed by atoms with E-state index in [1.165, 1.54) is 0 Å². The number of aromatic nitrogens is 1. The van der Waals surface area contributed by atoms with Crippen molar-refractivity contribution in [2.24, 2.45) is 5.73 Å². The Labute approximate surface area is 77.8 Å². The Morgan fingerprint density at radius 1 is 1.58 bits per heavy atom. The Morgan fingerprint density at radius 2 is 2.25 bits per heavy atom. The SMILES string of the molecule is Cc1cc(C[C@@H](C)N)cc(Cl)n1. The summed E-state index contributed by atoms with van der Waals surface area (Å²) in [5.74, 6) is 0. The Kier molecular flexibility index (Phi) is 3.06. The summed E-state index contributed by atoms with van der Waals surface area (Å²) in [6, 6.07) is 4.04. The minimum atomic E-state index is 0.169. The fourth-order valence-electron chi connectivity index (χ4n) is 1.19. The van der Waals surface area contributed by atoms with Crippen molar-refractivity contribution in [2.45, 2.75) is 26.3 Å². The third-order valence-electron chi connectivity index (χ3n) is 1.54. The first-order chi connectivity index (χ1) is 5.58. The molecule has 1 rings (SSSR count). The molecule has 0 spiro atoms. The van der Waals surface area contributed by atoms with Gasteiger partial charge in [-0.25, -0.2) is 4.98 Å². The molecule has 1 aromatic heterocycles. The van der Waals surface area contributed by atoms with Crippen molar-refractivity contribution >= 4 is 11.6 Å². The molecule has 3 heteroatoms. The molecule has 0 saturated heterocycles. The van der Waals surface area contributed by atoms with Crippen molar-refractivity contribution in [2.75, 3.05) is 0 Å². The number of aryl methyl sites for hydroxylation is 1. The predicted molar refractivity (Wildman–Crippen MR) is 51.3 cm³/mol. The Hall–Kier alpha value is -0.600. The minimum Gasteiger partial charge on any atom is -0.328 e. The maximum absolute atomic E-state index is 5.78. The maximum Gasteiger partial charge on any atom is 0.129 e. The quantitative estimate of drug-likeness (QED) is 0.714. The van der Waals surface area contributed by atoms with Crippen LogP contribution < -0.4 is 5.73 Å².